The first-order valence-corrected chi connectivity index (χ1v) is 8.92. The highest BCUT2D eigenvalue weighted by molar-refractivity contribution is 7.98. The van der Waals surface area contributed by atoms with E-state index in [1.165, 1.54) is 11.8 Å². The summed E-state index contributed by atoms with van der Waals surface area (Å²) >= 11 is 1.42. The third-order valence-corrected chi connectivity index (χ3v) is 4.65. The van der Waals surface area contributed by atoms with Gasteiger partial charge in [0.1, 0.15) is 0 Å². The number of methoxy groups -OCH3 is 3. The standard InChI is InChI=1S/C19H17N3O4S/c1-23-15-8-14(9-16(24-2)17(15)25-3)18-21-22-19(26-18)27-11-13-6-4-12(10-20)5-7-13/h4-9H,11H2,1-3H3. The lowest BCUT2D eigenvalue weighted by Crippen LogP contribution is -1.95. The molecule has 0 aliphatic carbocycles. The molecule has 0 aliphatic rings. The van der Waals surface area contributed by atoms with Crippen LogP contribution in [0.5, 0.6) is 17.2 Å². The van der Waals surface area contributed by atoms with Crippen LogP contribution in [0.15, 0.2) is 46.0 Å². The monoisotopic (exact) mass is 383 g/mol. The zero-order chi connectivity index (χ0) is 19.2. The molecule has 0 saturated heterocycles. The number of hydrogen-bond donors (Lipinski definition) is 0. The first kappa shape index (κ1) is 18.6. The molecule has 0 atom stereocenters. The molecule has 0 amide bonds. The maximum atomic E-state index is 8.84. The molecule has 0 unspecified atom stereocenters. The Hall–Kier alpha value is -3.18. The summed E-state index contributed by atoms with van der Waals surface area (Å²) in [5, 5.41) is 17.5. The van der Waals surface area contributed by atoms with Gasteiger partial charge in [-0.1, -0.05) is 23.9 Å². The molecule has 7 nitrogen and oxygen atoms in total. The highest BCUT2D eigenvalue weighted by Gasteiger charge is 2.17. The van der Waals surface area contributed by atoms with E-state index in [-0.39, 0.29) is 0 Å². The van der Waals surface area contributed by atoms with Crippen molar-refractivity contribution in [2.24, 2.45) is 0 Å². The maximum absolute atomic E-state index is 8.84. The van der Waals surface area contributed by atoms with Crippen LogP contribution in [-0.2, 0) is 5.75 Å². The summed E-state index contributed by atoms with van der Waals surface area (Å²) in [6.07, 6.45) is 0. The van der Waals surface area contributed by atoms with Crippen molar-refractivity contribution in [3.05, 3.63) is 47.5 Å². The maximum Gasteiger partial charge on any atom is 0.277 e. The van der Waals surface area contributed by atoms with Gasteiger partial charge in [0.05, 0.1) is 33.0 Å². The SMILES string of the molecule is COc1cc(-c2nnc(SCc3ccc(C#N)cc3)o2)cc(OC)c1OC. The third-order valence-electron chi connectivity index (χ3n) is 3.76. The molecule has 8 heteroatoms. The fraction of sp³-hybridized carbons (Fsp3) is 0.211. The lowest BCUT2D eigenvalue weighted by atomic mass is 10.2. The third kappa shape index (κ3) is 4.15. The van der Waals surface area contributed by atoms with E-state index in [1.807, 2.05) is 12.1 Å². The molecule has 2 aromatic carbocycles. The molecule has 0 radical (unpaired) electrons. The smallest absolute Gasteiger partial charge is 0.277 e. The Kier molecular flexibility index (Phi) is 5.84. The topological polar surface area (TPSA) is 90.4 Å². The molecular weight excluding hydrogens is 366 g/mol. The van der Waals surface area contributed by atoms with Crippen LogP contribution in [0.25, 0.3) is 11.5 Å². The lowest BCUT2D eigenvalue weighted by Gasteiger charge is -2.12. The van der Waals surface area contributed by atoms with Crippen molar-refractivity contribution >= 4 is 11.8 Å². The molecule has 1 aromatic heterocycles. The second kappa shape index (κ2) is 8.47. The van der Waals surface area contributed by atoms with Gasteiger partial charge in [-0.25, -0.2) is 0 Å². The number of aromatic nitrogens is 2. The van der Waals surface area contributed by atoms with E-state index in [1.54, 1.807) is 45.6 Å². The number of ether oxygens (including phenoxy) is 3. The molecule has 27 heavy (non-hydrogen) atoms. The van der Waals surface area contributed by atoms with Crippen molar-refractivity contribution in [3.8, 4) is 34.8 Å². The number of hydrogen-bond acceptors (Lipinski definition) is 8. The van der Waals surface area contributed by atoms with E-state index < -0.39 is 0 Å². The summed E-state index contributed by atoms with van der Waals surface area (Å²) in [5.41, 5.74) is 2.36. The fourth-order valence-corrected chi connectivity index (χ4v) is 3.13. The molecule has 3 aromatic rings. The van der Waals surface area contributed by atoms with Crippen molar-refractivity contribution in [3.63, 3.8) is 0 Å². The normalized spacial score (nSPS) is 10.3. The van der Waals surface area contributed by atoms with Gasteiger partial charge in [0.2, 0.25) is 11.6 Å². The van der Waals surface area contributed by atoms with Gasteiger partial charge >= 0.3 is 0 Å². The van der Waals surface area contributed by atoms with Crippen molar-refractivity contribution in [1.82, 2.24) is 10.2 Å². The van der Waals surface area contributed by atoms with Crippen LogP contribution in [0.4, 0.5) is 0 Å². The Morgan fingerprint density at radius 2 is 1.67 bits per heavy atom. The highest BCUT2D eigenvalue weighted by atomic mass is 32.2. The molecule has 3 rings (SSSR count). The Labute approximate surface area is 160 Å². The van der Waals surface area contributed by atoms with Crippen LogP contribution in [-0.4, -0.2) is 31.5 Å². The number of nitriles is 1. The molecule has 0 spiro atoms. The zero-order valence-corrected chi connectivity index (χ0v) is 15.9. The summed E-state index contributed by atoms with van der Waals surface area (Å²) in [6.45, 7) is 0. The minimum atomic E-state index is 0.358. The van der Waals surface area contributed by atoms with E-state index in [0.717, 1.165) is 5.56 Å². The Morgan fingerprint density at radius 1 is 1.00 bits per heavy atom. The molecule has 138 valence electrons. The van der Waals surface area contributed by atoms with Gasteiger partial charge in [-0.15, -0.1) is 10.2 Å². The average molecular weight is 383 g/mol. The molecule has 0 N–H and O–H groups in total. The van der Waals surface area contributed by atoms with Gasteiger partial charge in [-0.2, -0.15) is 5.26 Å². The number of thioether (sulfide) groups is 1. The van der Waals surface area contributed by atoms with Gasteiger partial charge in [-0.3, -0.25) is 0 Å². The summed E-state index contributed by atoms with van der Waals surface area (Å²) in [4.78, 5) is 0. The number of benzene rings is 2. The Bertz CT molecular complexity index is 939. The number of rotatable bonds is 7. The van der Waals surface area contributed by atoms with Crippen LogP contribution in [0.1, 0.15) is 11.1 Å². The van der Waals surface area contributed by atoms with E-state index in [4.69, 9.17) is 23.9 Å². The number of nitrogens with zero attached hydrogens (tertiary/aromatic N) is 3. The molecule has 0 fully saturated rings. The largest absolute Gasteiger partial charge is 0.493 e. The highest BCUT2D eigenvalue weighted by Crippen LogP contribution is 2.41. The molecule has 0 aliphatic heterocycles. The first-order chi connectivity index (χ1) is 13.2. The van der Waals surface area contributed by atoms with Gasteiger partial charge in [0.25, 0.3) is 5.22 Å². The van der Waals surface area contributed by atoms with Gasteiger partial charge in [-0.05, 0) is 29.8 Å². The van der Waals surface area contributed by atoms with E-state index in [0.29, 0.717) is 45.2 Å². The van der Waals surface area contributed by atoms with Crippen molar-refractivity contribution in [1.29, 1.82) is 5.26 Å². The van der Waals surface area contributed by atoms with Gasteiger partial charge in [0, 0.05) is 11.3 Å². The van der Waals surface area contributed by atoms with Crippen LogP contribution in [0, 0.1) is 11.3 Å². The Morgan fingerprint density at radius 3 is 2.22 bits per heavy atom. The summed E-state index contributed by atoms with van der Waals surface area (Å²) in [5.74, 6) is 2.53. The molecular formula is C19H17N3O4S. The van der Waals surface area contributed by atoms with Crippen LogP contribution >= 0.6 is 11.8 Å². The van der Waals surface area contributed by atoms with E-state index in [9.17, 15) is 0 Å². The lowest BCUT2D eigenvalue weighted by molar-refractivity contribution is 0.324. The minimum absolute atomic E-state index is 0.358. The molecule has 1 heterocycles. The van der Waals surface area contributed by atoms with Crippen molar-refractivity contribution < 1.29 is 18.6 Å². The van der Waals surface area contributed by atoms with Gasteiger partial charge < -0.3 is 18.6 Å². The fourth-order valence-electron chi connectivity index (χ4n) is 2.41. The van der Waals surface area contributed by atoms with Crippen LogP contribution in [0.3, 0.4) is 0 Å². The first-order valence-electron chi connectivity index (χ1n) is 7.94. The van der Waals surface area contributed by atoms with E-state index >= 15 is 0 Å². The minimum Gasteiger partial charge on any atom is -0.493 e. The average Bonchev–Trinajstić information content (AvgIpc) is 3.20. The second-order valence-electron chi connectivity index (χ2n) is 5.38. The van der Waals surface area contributed by atoms with E-state index in [2.05, 4.69) is 16.3 Å². The van der Waals surface area contributed by atoms with Crippen LogP contribution in [0.2, 0.25) is 0 Å². The summed E-state index contributed by atoms with van der Waals surface area (Å²) in [6, 6.07) is 13.0. The van der Waals surface area contributed by atoms with Crippen LogP contribution < -0.4 is 14.2 Å². The Balaban J connectivity index is 1.78. The predicted molar refractivity (Wildman–Crippen MR) is 100 cm³/mol. The second-order valence-corrected chi connectivity index (χ2v) is 6.31. The molecule has 0 bridgehead atoms. The summed E-state index contributed by atoms with van der Waals surface area (Å²) in [7, 11) is 4.64. The zero-order valence-electron chi connectivity index (χ0n) is 15.1. The molecule has 0 saturated carbocycles. The summed E-state index contributed by atoms with van der Waals surface area (Å²) < 4.78 is 21.8. The van der Waals surface area contributed by atoms with Gasteiger partial charge in [0.15, 0.2) is 11.5 Å². The van der Waals surface area contributed by atoms with Crippen molar-refractivity contribution in [2.75, 3.05) is 21.3 Å². The predicted octanol–water partition coefficient (Wildman–Crippen LogP) is 3.93. The van der Waals surface area contributed by atoms with Crippen molar-refractivity contribution in [2.45, 2.75) is 11.0 Å². The quantitative estimate of drug-likeness (QED) is 0.567.